The second-order valence-corrected chi connectivity index (χ2v) is 7.01. The molecule has 6 heteroatoms. The molecule has 0 spiro atoms. The molecule has 0 radical (unpaired) electrons. The lowest BCUT2D eigenvalue weighted by Crippen LogP contribution is -2.44. The number of aliphatic imine (C=N–C) groups is 1. The highest BCUT2D eigenvalue weighted by Gasteiger charge is 2.26. The van der Waals surface area contributed by atoms with Crippen molar-refractivity contribution in [3.05, 3.63) is 24.2 Å². The van der Waals surface area contributed by atoms with Gasteiger partial charge in [-0.2, -0.15) is 0 Å². The molecule has 0 unspecified atom stereocenters. The van der Waals surface area contributed by atoms with E-state index in [9.17, 15) is 4.79 Å². The van der Waals surface area contributed by atoms with E-state index in [1.54, 1.807) is 13.3 Å². The molecule has 0 saturated heterocycles. The fourth-order valence-electron chi connectivity index (χ4n) is 2.86. The van der Waals surface area contributed by atoms with Crippen molar-refractivity contribution in [2.45, 2.75) is 52.0 Å². The minimum absolute atomic E-state index is 0.00190. The first-order valence-corrected chi connectivity index (χ1v) is 8.80. The first-order valence-electron chi connectivity index (χ1n) is 8.80. The monoisotopic (exact) mass is 334 g/mol. The smallest absolute Gasteiger partial charge is 0.227 e. The lowest BCUT2D eigenvalue weighted by Gasteiger charge is -2.22. The number of amides is 1. The maximum Gasteiger partial charge on any atom is 0.227 e. The van der Waals surface area contributed by atoms with Crippen molar-refractivity contribution in [1.82, 2.24) is 16.0 Å². The molecule has 3 N–H and O–H groups in total. The van der Waals surface area contributed by atoms with Gasteiger partial charge in [0.05, 0.1) is 18.2 Å². The molecule has 1 aromatic rings. The van der Waals surface area contributed by atoms with Crippen LogP contribution >= 0.6 is 0 Å². The van der Waals surface area contributed by atoms with Crippen LogP contribution in [0.25, 0.3) is 0 Å². The Hall–Kier alpha value is -1.98. The third-order valence-corrected chi connectivity index (χ3v) is 4.41. The Morgan fingerprint density at radius 2 is 2.12 bits per heavy atom. The van der Waals surface area contributed by atoms with E-state index in [2.05, 4.69) is 20.9 Å². The molecule has 1 heterocycles. The van der Waals surface area contributed by atoms with Crippen LogP contribution in [-0.4, -0.2) is 38.0 Å². The summed E-state index contributed by atoms with van der Waals surface area (Å²) in [5.74, 6) is 1.74. The molecule has 0 aromatic carbocycles. The van der Waals surface area contributed by atoms with Crippen LogP contribution in [0.3, 0.4) is 0 Å². The molecule has 0 aliphatic heterocycles. The van der Waals surface area contributed by atoms with E-state index in [4.69, 9.17) is 4.42 Å². The number of carbonyl (C=O) groups excluding carboxylic acids is 1. The predicted octanol–water partition coefficient (Wildman–Crippen LogP) is 2.07. The number of hydrogen-bond acceptors (Lipinski definition) is 3. The van der Waals surface area contributed by atoms with Crippen molar-refractivity contribution in [3.8, 4) is 0 Å². The van der Waals surface area contributed by atoms with Gasteiger partial charge in [0.2, 0.25) is 5.91 Å². The Balaban J connectivity index is 1.92. The van der Waals surface area contributed by atoms with Crippen molar-refractivity contribution >= 4 is 11.9 Å². The third kappa shape index (κ3) is 5.58. The highest BCUT2D eigenvalue weighted by molar-refractivity contribution is 5.83. The van der Waals surface area contributed by atoms with Gasteiger partial charge in [0, 0.05) is 26.1 Å². The molecule has 1 aliphatic carbocycles. The summed E-state index contributed by atoms with van der Waals surface area (Å²) in [4.78, 5) is 16.6. The van der Waals surface area contributed by atoms with Gasteiger partial charge in [-0.25, -0.2) is 0 Å². The van der Waals surface area contributed by atoms with Gasteiger partial charge in [-0.3, -0.25) is 9.79 Å². The van der Waals surface area contributed by atoms with Gasteiger partial charge in [-0.15, -0.1) is 0 Å². The Morgan fingerprint density at radius 3 is 2.75 bits per heavy atom. The van der Waals surface area contributed by atoms with Gasteiger partial charge in [0.25, 0.3) is 0 Å². The lowest BCUT2D eigenvalue weighted by molar-refractivity contribution is -0.128. The molecule has 0 atom stereocenters. The van der Waals surface area contributed by atoms with Crippen molar-refractivity contribution in [1.29, 1.82) is 0 Å². The van der Waals surface area contributed by atoms with Crippen LogP contribution < -0.4 is 16.0 Å². The second-order valence-electron chi connectivity index (χ2n) is 7.01. The number of guanidine groups is 1. The SMILES string of the molecule is CNC(=O)C(C)(C)CN=C(NCCc1ccco1)NC1CCCC1. The first-order chi connectivity index (χ1) is 11.5. The van der Waals surface area contributed by atoms with E-state index in [1.807, 2.05) is 26.0 Å². The van der Waals surface area contributed by atoms with E-state index >= 15 is 0 Å². The topological polar surface area (TPSA) is 78.7 Å². The Morgan fingerprint density at radius 1 is 1.38 bits per heavy atom. The molecule has 0 bridgehead atoms. The lowest BCUT2D eigenvalue weighted by atomic mass is 9.93. The third-order valence-electron chi connectivity index (χ3n) is 4.41. The quantitative estimate of drug-likeness (QED) is 0.527. The summed E-state index contributed by atoms with van der Waals surface area (Å²) < 4.78 is 5.36. The van der Waals surface area contributed by atoms with E-state index in [0.29, 0.717) is 12.6 Å². The van der Waals surface area contributed by atoms with E-state index in [1.165, 1.54) is 25.7 Å². The summed E-state index contributed by atoms with van der Waals surface area (Å²) in [5, 5.41) is 9.57. The standard InChI is InChI=1S/C18H30N4O2/c1-18(2,16(23)19-3)13-21-17(22-14-7-4-5-8-14)20-11-10-15-9-6-12-24-15/h6,9,12,14H,4-5,7-8,10-11,13H2,1-3H3,(H,19,23)(H2,20,21,22). The molecule has 134 valence electrons. The van der Waals surface area contributed by atoms with Gasteiger partial charge < -0.3 is 20.4 Å². The van der Waals surface area contributed by atoms with Gasteiger partial charge in [0.1, 0.15) is 5.76 Å². The Labute approximate surface area is 144 Å². The molecular formula is C18H30N4O2. The van der Waals surface area contributed by atoms with Gasteiger partial charge in [0.15, 0.2) is 5.96 Å². The maximum atomic E-state index is 11.9. The molecule has 1 saturated carbocycles. The zero-order valence-electron chi connectivity index (χ0n) is 15.0. The molecule has 2 rings (SSSR count). The number of nitrogens with one attached hydrogen (secondary N) is 3. The van der Waals surface area contributed by atoms with Gasteiger partial charge in [-0.05, 0) is 38.8 Å². The molecule has 1 fully saturated rings. The normalized spacial score (nSPS) is 16.2. The van der Waals surface area contributed by atoms with E-state index < -0.39 is 5.41 Å². The predicted molar refractivity (Wildman–Crippen MR) is 96.0 cm³/mol. The van der Waals surface area contributed by atoms with Crippen LogP contribution in [0.5, 0.6) is 0 Å². The summed E-state index contributed by atoms with van der Waals surface area (Å²) in [6.07, 6.45) is 7.38. The minimum Gasteiger partial charge on any atom is -0.469 e. The summed E-state index contributed by atoms with van der Waals surface area (Å²) in [6, 6.07) is 4.34. The van der Waals surface area contributed by atoms with Gasteiger partial charge >= 0.3 is 0 Å². The average molecular weight is 334 g/mol. The van der Waals surface area contributed by atoms with Crippen LogP contribution in [0.4, 0.5) is 0 Å². The fraction of sp³-hybridized carbons (Fsp3) is 0.667. The molecular weight excluding hydrogens is 304 g/mol. The Bertz CT molecular complexity index is 531. The number of nitrogens with zero attached hydrogens (tertiary/aromatic N) is 1. The zero-order chi connectivity index (χ0) is 17.4. The van der Waals surface area contributed by atoms with Crippen LogP contribution in [0.2, 0.25) is 0 Å². The summed E-state index contributed by atoms with van der Waals surface area (Å²) in [6.45, 7) is 5.00. The summed E-state index contributed by atoms with van der Waals surface area (Å²) in [5.41, 5.74) is -0.528. The van der Waals surface area contributed by atoms with E-state index in [-0.39, 0.29) is 5.91 Å². The van der Waals surface area contributed by atoms with Crippen molar-refractivity contribution in [2.75, 3.05) is 20.1 Å². The van der Waals surface area contributed by atoms with Crippen molar-refractivity contribution in [2.24, 2.45) is 10.4 Å². The highest BCUT2D eigenvalue weighted by atomic mass is 16.3. The van der Waals surface area contributed by atoms with Crippen molar-refractivity contribution in [3.63, 3.8) is 0 Å². The van der Waals surface area contributed by atoms with Crippen LogP contribution in [-0.2, 0) is 11.2 Å². The summed E-state index contributed by atoms with van der Waals surface area (Å²) in [7, 11) is 1.66. The van der Waals surface area contributed by atoms with Crippen molar-refractivity contribution < 1.29 is 9.21 Å². The van der Waals surface area contributed by atoms with E-state index in [0.717, 1.165) is 24.7 Å². The second kappa shape index (κ2) is 8.76. The number of hydrogen-bond donors (Lipinski definition) is 3. The number of furan rings is 1. The molecule has 24 heavy (non-hydrogen) atoms. The first kappa shape index (κ1) is 18.4. The fourth-order valence-corrected chi connectivity index (χ4v) is 2.86. The molecule has 6 nitrogen and oxygen atoms in total. The Kier molecular flexibility index (Phi) is 6.70. The van der Waals surface area contributed by atoms with Crippen LogP contribution in [0.1, 0.15) is 45.3 Å². The number of carbonyl (C=O) groups is 1. The van der Waals surface area contributed by atoms with Gasteiger partial charge in [-0.1, -0.05) is 12.8 Å². The van der Waals surface area contributed by atoms with Crippen LogP contribution in [0, 0.1) is 5.41 Å². The zero-order valence-corrected chi connectivity index (χ0v) is 15.0. The minimum atomic E-state index is -0.528. The molecule has 1 aromatic heterocycles. The molecule has 1 aliphatic rings. The largest absolute Gasteiger partial charge is 0.469 e. The maximum absolute atomic E-state index is 11.9. The molecule has 1 amide bonds. The average Bonchev–Trinajstić information content (AvgIpc) is 3.25. The van der Waals surface area contributed by atoms with Crippen LogP contribution in [0.15, 0.2) is 27.8 Å². The summed E-state index contributed by atoms with van der Waals surface area (Å²) >= 11 is 0. The highest BCUT2D eigenvalue weighted by Crippen LogP contribution is 2.18. The number of rotatable bonds is 7.